The molecule has 3 rings (SSSR count). The predicted octanol–water partition coefficient (Wildman–Crippen LogP) is 2.14. The monoisotopic (exact) mass is 356 g/mol. The van der Waals surface area contributed by atoms with Gasteiger partial charge in [0, 0.05) is 5.56 Å². The molecule has 26 heavy (non-hydrogen) atoms. The second kappa shape index (κ2) is 9.74. The van der Waals surface area contributed by atoms with Gasteiger partial charge in [0.05, 0.1) is 0 Å². The fraction of sp³-hybridized carbons (Fsp3) is 0.136. The second-order valence-corrected chi connectivity index (χ2v) is 7.30. The van der Waals surface area contributed by atoms with Crippen LogP contribution in [0.3, 0.4) is 0 Å². The SMILES string of the molecule is Cc1cccc(C)c1C(=O)Pc1ccc(OCc2ccccc2)cc1.[H-].[Li+]. The Labute approximate surface area is 170 Å². The van der Waals surface area contributed by atoms with Gasteiger partial charge in [-0.05, 0) is 56.6 Å². The summed E-state index contributed by atoms with van der Waals surface area (Å²) in [6.07, 6.45) is 0. The fourth-order valence-electron chi connectivity index (χ4n) is 2.74. The van der Waals surface area contributed by atoms with Gasteiger partial charge in [-0.15, -0.1) is 0 Å². The molecule has 128 valence electrons. The van der Waals surface area contributed by atoms with Crippen LogP contribution >= 0.6 is 8.58 Å². The second-order valence-electron chi connectivity index (χ2n) is 6.02. The zero-order chi connectivity index (χ0) is 17.6. The summed E-state index contributed by atoms with van der Waals surface area (Å²) in [5, 5.41) is 1.03. The molecule has 0 saturated carbocycles. The average molecular weight is 356 g/mol. The van der Waals surface area contributed by atoms with Crippen molar-refractivity contribution in [3.63, 3.8) is 0 Å². The van der Waals surface area contributed by atoms with Gasteiger partial charge in [0.1, 0.15) is 12.4 Å². The number of carbonyl (C=O) groups is 1. The Balaban J connectivity index is 0.00000182. The number of hydrogen-bond acceptors (Lipinski definition) is 2. The van der Waals surface area contributed by atoms with E-state index in [1.807, 2.05) is 86.6 Å². The Kier molecular flexibility index (Phi) is 7.67. The van der Waals surface area contributed by atoms with Crippen molar-refractivity contribution in [3.8, 4) is 5.75 Å². The molecule has 0 N–H and O–H groups in total. The molecule has 1 atom stereocenters. The van der Waals surface area contributed by atoms with Crippen molar-refractivity contribution >= 4 is 19.4 Å². The summed E-state index contributed by atoms with van der Waals surface area (Å²) in [6, 6.07) is 23.9. The largest absolute Gasteiger partial charge is 1.00 e. The first-order valence-electron chi connectivity index (χ1n) is 8.28. The van der Waals surface area contributed by atoms with E-state index < -0.39 is 0 Å². The normalized spacial score (nSPS) is 10.5. The third kappa shape index (κ3) is 5.33. The molecule has 0 aliphatic heterocycles. The zero-order valence-electron chi connectivity index (χ0n) is 16.5. The maximum atomic E-state index is 12.6. The molecular formula is C22H22LiO2P. The van der Waals surface area contributed by atoms with Crippen LogP contribution in [0.5, 0.6) is 5.75 Å². The number of ether oxygens (including phenoxy) is 1. The molecule has 0 aromatic heterocycles. The summed E-state index contributed by atoms with van der Waals surface area (Å²) >= 11 is 0. The fourth-order valence-corrected chi connectivity index (χ4v) is 3.86. The number of hydrogen-bond donors (Lipinski definition) is 0. The van der Waals surface area contributed by atoms with Crippen molar-refractivity contribution in [1.29, 1.82) is 0 Å². The van der Waals surface area contributed by atoms with Crippen molar-refractivity contribution in [3.05, 3.63) is 95.1 Å². The first-order chi connectivity index (χ1) is 12.1. The van der Waals surface area contributed by atoms with Gasteiger partial charge in [-0.25, -0.2) is 0 Å². The van der Waals surface area contributed by atoms with Gasteiger partial charge < -0.3 is 6.16 Å². The summed E-state index contributed by atoms with van der Waals surface area (Å²) in [6.45, 7) is 4.53. The Morgan fingerprint density at radius 1 is 0.885 bits per heavy atom. The van der Waals surface area contributed by atoms with Crippen molar-refractivity contribution in [1.82, 2.24) is 0 Å². The van der Waals surface area contributed by atoms with Crippen LogP contribution in [-0.2, 0) is 6.61 Å². The summed E-state index contributed by atoms with van der Waals surface area (Å²) < 4.78 is 5.79. The van der Waals surface area contributed by atoms with E-state index in [1.54, 1.807) is 0 Å². The molecule has 1 unspecified atom stereocenters. The molecule has 2 nitrogen and oxygen atoms in total. The van der Waals surface area contributed by atoms with Crippen LogP contribution in [0.4, 0.5) is 0 Å². The molecule has 0 amide bonds. The first kappa shape index (κ1) is 20.5. The molecule has 0 spiro atoms. The first-order valence-corrected chi connectivity index (χ1v) is 9.28. The molecule has 0 fully saturated rings. The van der Waals surface area contributed by atoms with Crippen molar-refractivity contribution < 1.29 is 29.8 Å². The number of carbonyl (C=O) groups excluding carboxylic acids is 1. The topological polar surface area (TPSA) is 26.3 Å². The quantitative estimate of drug-likeness (QED) is 0.500. The zero-order valence-corrected chi connectivity index (χ0v) is 16.5. The van der Waals surface area contributed by atoms with Crippen LogP contribution in [0.25, 0.3) is 0 Å². The Morgan fingerprint density at radius 2 is 1.50 bits per heavy atom. The van der Waals surface area contributed by atoms with Crippen LogP contribution < -0.4 is 28.9 Å². The van der Waals surface area contributed by atoms with E-state index in [2.05, 4.69) is 0 Å². The van der Waals surface area contributed by atoms with E-state index in [0.717, 1.165) is 33.3 Å². The summed E-state index contributed by atoms with van der Waals surface area (Å²) in [5.41, 5.74) is 4.26. The molecule has 0 radical (unpaired) electrons. The van der Waals surface area contributed by atoms with Crippen LogP contribution in [0.1, 0.15) is 28.5 Å². The molecule has 0 saturated heterocycles. The third-order valence-electron chi connectivity index (χ3n) is 4.07. The molecule has 0 aliphatic carbocycles. The Hall–Kier alpha value is -1.84. The van der Waals surface area contributed by atoms with Crippen LogP contribution in [0, 0.1) is 13.8 Å². The van der Waals surface area contributed by atoms with Crippen molar-refractivity contribution in [2.45, 2.75) is 20.5 Å². The van der Waals surface area contributed by atoms with E-state index in [4.69, 9.17) is 4.74 Å². The van der Waals surface area contributed by atoms with E-state index in [-0.39, 0.29) is 34.4 Å². The maximum Gasteiger partial charge on any atom is 1.00 e. The Bertz CT molecular complexity index is 847. The van der Waals surface area contributed by atoms with Crippen molar-refractivity contribution in [2.24, 2.45) is 0 Å². The van der Waals surface area contributed by atoms with Crippen LogP contribution in [-0.4, -0.2) is 5.52 Å². The molecular weight excluding hydrogens is 334 g/mol. The minimum atomic E-state index is 0. The van der Waals surface area contributed by atoms with Crippen molar-refractivity contribution in [2.75, 3.05) is 0 Å². The number of aryl methyl sites for hydroxylation is 2. The molecule has 0 bridgehead atoms. The van der Waals surface area contributed by atoms with Gasteiger partial charge in [0.2, 0.25) is 0 Å². The van der Waals surface area contributed by atoms with Gasteiger partial charge in [-0.2, -0.15) is 0 Å². The minimum Gasteiger partial charge on any atom is -1.00 e. The van der Waals surface area contributed by atoms with Gasteiger partial charge in [-0.1, -0.05) is 60.7 Å². The summed E-state index contributed by atoms with van der Waals surface area (Å²) in [7, 11) is 0.125. The number of benzene rings is 3. The van der Waals surface area contributed by atoms with Crippen LogP contribution in [0.15, 0.2) is 72.8 Å². The smallest absolute Gasteiger partial charge is 1.00 e. The summed E-state index contributed by atoms with van der Waals surface area (Å²) in [5.74, 6) is 0.817. The van der Waals surface area contributed by atoms with E-state index >= 15 is 0 Å². The third-order valence-corrected chi connectivity index (χ3v) is 5.17. The Morgan fingerprint density at radius 3 is 2.12 bits per heavy atom. The molecule has 4 heteroatoms. The van der Waals surface area contributed by atoms with E-state index in [0.29, 0.717) is 6.61 Å². The van der Waals surface area contributed by atoms with Gasteiger partial charge >= 0.3 is 18.9 Å². The minimum absolute atomic E-state index is 0. The maximum absolute atomic E-state index is 12.6. The van der Waals surface area contributed by atoms with E-state index in [9.17, 15) is 4.79 Å². The van der Waals surface area contributed by atoms with Gasteiger partial charge in [-0.3, -0.25) is 4.79 Å². The summed E-state index contributed by atoms with van der Waals surface area (Å²) in [4.78, 5) is 12.6. The van der Waals surface area contributed by atoms with Gasteiger partial charge in [0.25, 0.3) is 0 Å². The molecule has 0 aliphatic rings. The standard InChI is InChI=1S/C22H21O2P.Li.H/c1-16-7-6-8-17(2)21(16)22(23)25-20-13-11-19(12-14-20)24-15-18-9-4-3-5-10-18;;/h3-14,25H,15H2,1-2H3;;/q;+1;-1. The molecule has 0 heterocycles. The molecule has 3 aromatic rings. The number of rotatable bonds is 6. The predicted molar refractivity (Wildman–Crippen MR) is 107 cm³/mol. The molecule has 3 aromatic carbocycles. The van der Waals surface area contributed by atoms with E-state index in [1.165, 1.54) is 0 Å². The average Bonchev–Trinajstić information content (AvgIpc) is 2.62. The van der Waals surface area contributed by atoms with Crippen LogP contribution in [0.2, 0.25) is 0 Å². The van der Waals surface area contributed by atoms with Gasteiger partial charge in [0.15, 0.2) is 5.52 Å².